The van der Waals surface area contributed by atoms with Crippen molar-refractivity contribution in [3.8, 4) is 5.75 Å². The summed E-state index contributed by atoms with van der Waals surface area (Å²) < 4.78 is 10.5. The van der Waals surface area contributed by atoms with Gasteiger partial charge in [-0.05, 0) is 49.3 Å². The number of amides is 1. The van der Waals surface area contributed by atoms with Gasteiger partial charge in [0.2, 0.25) is 5.91 Å². The van der Waals surface area contributed by atoms with Crippen molar-refractivity contribution < 1.29 is 24.2 Å². The van der Waals surface area contributed by atoms with Gasteiger partial charge in [-0.15, -0.1) is 0 Å². The van der Waals surface area contributed by atoms with E-state index in [0.717, 1.165) is 38.0 Å². The van der Waals surface area contributed by atoms with Crippen molar-refractivity contribution in [1.29, 1.82) is 0 Å². The van der Waals surface area contributed by atoms with Crippen LogP contribution in [0.1, 0.15) is 41.6 Å². The van der Waals surface area contributed by atoms with Gasteiger partial charge in [0.25, 0.3) is 0 Å². The lowest BCUT2D eigenvalue weighted by atomic mass is 9.95. The molecule has 6 nitrogen and oxygen atoms in total. The first-order chi connectivity index (χ1) is 11.6. The van der Waals surface area contributed by atoms with Gasteiger partial charge in [0, 0.05) is 26.2 Å². The summed E-state index contributed by atoms with van der Waals surface area (Å²) in [5.74, 6) is 0.198. The van der Waals surface area contributed by atoms with Crippen molar-refractivity contribution in [2.24, 2.45) is 5.92 Å². The van der Waals surface area contributed by atoms with Gasteiger partial charge in [0.05, 0.1) is 12.7 Å². The average Bonchev–Trinajstić information content (AvgIpc) is 2.61. The quantitative estimate of drug-likeness (QED) is 0.761. The smallest absolute Gasteiger partial charge is 0.335 e. The molecule has 2 N–H and O–H groups in total. The molecule has 1 aromatic rings. The van der Waals surface area contributed by atoms with E-state index in [-0.39, 0.29) is 11.5 Å². The van der Waals surface area contributed by atoms with Crippen molar-refractivity contribution in [3.63, 3.8) is 0 Å². The maximum absolute atomic E-state index is 11.9. The largest absolute Gasteiger partial charge is 0.496 e. The number of carbonyl (C=O) groups is 2. The Hall–Kier alpha value is -2.08. The molecular formula is C18H25NO5. The second-order valence-corrected chi connectivity index (χ2v) is 6.03. The van der Waals surface area contributed by atoms with Gasteiger partial charge in [-0.25, -0.2) is 4.79 Å². The van der Waals surface area contributed by atoms with Crippen LogP contribution < -0.4 is 10.1 Å². The standard InChI is InChI=1S/C18H25NO5/c1-23-16-12-15(18(21)22)4-3-14(16)6-9-19-17(20)5-2-13-7-10-24-11-8-13/h3-4,12-13H,2,5-11H2,1H3,(H,19,20)(H,21,22). The van der Waals surface area contributed by atoms with E-state index in [0.29, 0.717) is 31.1 Å². The molecule has 0 spiro atoms. The van der Waals surface area contributed by atoms with E-state index < -0.39 is 5.97 Å². The SMILES string of the molecule is COc1cc(C(=O)O)ccc1CCNC(=O)CCC1CCOCC1. The molecule has 0 saturated carbocycles. The summed E-state index contributed by atoms with van der Waals surface area (Å²) in [5.41, 5.74) is 1.07. The molecule has 24 heavy (non-hydrogen) atoms. The molecule has 1 aromatic carbocycles. The monoisotopic (exact) mass is 335 g/mol. The number of rotatable bonds is 8. The van der Waals surface area contributed by atoms with Gasteiger partial charge < -0.3 is 19.9 Å². The van der Waals surface area contributed by atoms with Crippen molar-refractivity contribution in [1.82, 2.24) is 5.32 Å². The first-order valence-corrected chi connectivity index (χ1v) is 8.35. The Bertz CT molecular complexity index is 567. The highest BCUT2D eigenvalue weighted by Gasteiger charge is 2.15. The number of aromatic carboxylic acids is 1. The minimum atomic E-state index is -0.985. The van der Waals surface area contributed by atoms with Crippen LogP contribution in [0.2, 0.25) is 0 Å². The molecule has 2 rings (SSSR count). The van der Waals surface area contributed by atoms with Crippen molar-refractivity contribution >= 4 is 11.9 Å². The molecule has 0 unspecified atom stereocenters. The maximum Gasteiger partial charge on any atom is 0.335 e. The average molecular weight is 335 g/mol. The fourth-order valence-electron chi connectivity index (χ4n) is 2.88. The van der Waals surface area contributed by atoms with Gasteiger partial charge in [-0.2, -0.15) is 0 Å². The van der Waals surface area contributed by atoms with Gasteiger partial charge in [-0.1, -0.05) is 6.07 Å². The van der Waals surface area contributed by atoms with Crippen LogP contribution in [-0.2, 0) is 16.0 Å². The van der Waals surface area contributed by atoms with E-state index in [4.69, 9.17) is 14.6 Å². The lowest BCUT2D eigenvalue weighted by molar-refractivity contribution is -0.121. The Morgan fingerprint density at radius 2 is 2.08 bits per heavy atom. The van der Waals surface area contributed by atoms with Crippen LogP contribution >= 0.6 is 0 Å². The van der Waals surface area contributed by atoms with Crippen LogP contribution in [0, 0.1) is 5.92 Å². The third kappa shape index (κ3) is 5.53. The van der Waals surface area contributed by atoms with Crippen molar-refractivity contribution in [3.05, 3.63) is 29.3 Å². The Labute approximate surface area is 142 Å². The molecule has 0 aromatic heterocycles. The van der Waals surface area contributed by atoms with Crippen molar-refractivity contribution in [2.45, 2.75) is 32.1 Å². The van der Waals surface area contributed by atoms with Crippen LogP contribution in [0.5, 0.6) is 5.75 Å². The van der Waals surface area contributed by atoms with E-state index in [2.05, 4.69) is 5.32 Å². The highest BCUT2D eigenvalue weighted by Crippen LogP contribution is 2.21. The Morgan fingerprint density at radius 3 is 2.75 bits per heavy atom. The molecule has 1 aliphatic rings. The van der Waals surface area contributed by atoms with Crippen LogP contribution in [0.15, 0.2) is 18.2 Å². The highest BCUT2D eigenvalue weighted by atomic mass is 16.5. The molecule has 1 amide bonds. The van der Waals surface area contributed by atoms with Gasteiger partial charge in [-0.3, -0.25) is 4.79 Å². The summed E-state index contributed by atoms with van der Waals surface area (Å²) in [7, 11) is 1.51. The molecule has 1 saturated heterocycles. The number of ether oxygens (including phenoxy) is 2. The first-order valence-electron chi connectivity index (χ1n) is 8.35. The molecule has 1 heterocycles. The Balaban J connectivity index is 1.74. The van der Waals surface area contributed by atoms with Gasteiger partial charge in [0.1, 0.15) is 5.75 Å². The fourth-order valence-corrected chi connectivity index (χ4v) is 2.88. The third-order valence-corrected chi connectivity index (χ3v) is 4.37. The van der Waals surface area contributed by atoms with Crippen molar-refractivity contribution in [2.75, 3.05) is 26.9 Å². The molecule has 1 fully saturated rings. The molecule has 1 aliphatic heterocycles. The molecule has 132 valence electrons. The van der Waals surface area contributed by atoms with Crippen LogP contribution in [0.3, 0.4) is 0 Å². The molecular weight excluding hydrogens is 310 g/mol. The molecule has 0 atom stereocenters. The topological polar surface area (TPSA) is 84.9 Å². The minimum absolute atomic E-state index is 0.0580. The summed E-state index contributed by atoms with van der Waals surface area (Å²) in [6, 6.07) is 4.79. The van der Waals surface area contributed by atoms with E-state index in [1.54, 1.807) is 12.1 Å². The zero-order chi connectivity index (χ0) is 17.4. The zero-order valence-electron chi connectivity index (χ0n) is 14.0. The van der Waals surface area contributed by atoms with E-state index >= 15 is 0 Å². The number of methoxy groups -OCH3 is 1. The lowest BCUT2D eigenvalue weighted by Gasteiger charge is -2.21. The number of carbonyl (C=O) groups excluding carboxylic acids is 1. The summed E-state index contributed by atoms with van der Waals surface area (Å²) in [6.45, 7) is 2.12. The van der Waals surface area contributed by atoms with Gasteiger partial charge >= 0.3 is 5.97 Å². The highest BCUT2D eigenvalue weighted by molar-refractivity contribution is 5.88. The number of hydrogen-bond acceptors (Lipinski definition) is 4. The molecule has 6 heteroatoms. The van der Waals surface area contributed by atoms with Gasteiger partial charge in [0.15, 0.2) is 0 Å². The second-order valence-electron chi connectivity index (χ2n) is 6.03. The predicted molar refractivity (Wildman–Crippen MR) is 89.4 cm³/mol. The molecule has 0 radical (unpaired) electrons. The lowest BCUT2D eigenvalue weighted by Crippen LogP contribution is -2.27. The van der Waals surface area contributed by atoms with E-state index in [1.807, 2.05) is 0 Å². The van der Waals surface area contributed by atoms with E-state index in [1.165, 1.54) is 13.2 Å². The number of carboxylic acids is 1. The predicted octanol–water partition coefficient (Wildman–Crippen LogP) is 2.26. The van der Waals surface area contributed by atoms with Crippen LogP contribution in [0.25, 0.3) is 0 Å². The van der Waals surface area contributed by atoms with E-state index in [9.17, 15) is 9.59 Å². The fraction of sp³-hybridized carbons (Fsp3) is 0.556. The maximum atomic E-state index is 11.9. The van der Waals surface area contributed by atoms with Crippen LogP contribution in [-0.4, -0.2) is 43.9 Å². The van der Waals surface area contributed by atoms with Crippen LogP contribution in [0.4, 0.5) is 0 Å². The number of nitrogens with one attached hydrogen (secondary N) is 1. The Morgan fingerprint density at radius 1 is 1.33 bits per heavy atom. The summed E-state index contributed by atoms with van der Waals surface area (Å²) in [5, 5.41) is 11.9. The Kier molecular flexibility index (Phi) is 7.06. The normalized spacial score (nSPS) is 15.0. The summed E-state index contributed by atoms with van der Waals surface area (Å²) >= 11 is 0. The first kappa shape index (κ1) is 18.3. The summed E-state index contributed by atoms with van der Waals surface area (Å²) in [4.78, 5) is 22.9. The molecule has 0 bridgehead atoms. The number of benzene rings is 1. The number of carboxylic acid groups (broad SMARTS) is 1. The zero-order valence-corrected chi connectivity index (χ0v) is 14.0. The molecule has 0 aliphatic carbocycles. The second kappa shape index (κ2) is 9.27. The third-order valence-electron chi connectivity index (χ3n) is 4.37. The summed E-state index contributed by atoms with van der Waals surface area (Å²) in [6.07, 6.45) is 4.14. The minimum Gasteiger partial charge on any atom is -0.496 e. The number of hydrogen-bond donors (Lipinski definition) is 2.